The van der Waals surface area contributed by atoms with Crippen molar-refractivity contribution in [3.63, 3.8) is 0 Å². The zero-order valence-electron chi connectivity index (χ0n) is 11.8. The van der Waals surface area contributed by atoms with Crippen LogP contribution in [0, 0.1) is 6.92 Å². The van der Waals surface area contributed by atoms with Crippen molar-refractivity contribution in [3.8, 4) is 11.5 Å². The molecular formula is C14H13N5O3. The van der Waals surface area contributed by atoms with Gasteiger partial charge in [0.1, 0.15) is 0 Å². The van der Waals surface area contributed by atoms with Crippen LogP contribution in [0.3, 0.4) is 0 Å². The summed E-state index contributed by atoms with van der Waals surface area (Å²) in [7, 11) is 0. The van der Waals surface area contributed by atoms with Gasteiger partial charge in [0.05, 0.1) is 13.0 Å². The predicted molar refractivity (Wildman–Crippen MR) is 74.3 cm³/mol. The minimum absolute atomic E-state index is 0.0387. The van der Waals surface area contributed by atoms with E-state index in [0.717, 1.165) is 5.56 Å². The van der Waals surface area contributed by atoms with Gasteiger partial charge >= 0.3 is 0 Å². The average Bonchev–Trinajstić information content (AvgIpc) is 3.15. The first kappa shape index (κ1) is 13.9. The fraction of sp³-hybridized carbons (Fsp3) is 0.214. The number of amides is 1. The molecule has 0 radical (unpaired) electrons. The number of aryl methyl sites for hydroxylation is 1. The van der Waals surface area contributed by atoms with E-state index in [9.17, 15) is 4.79 Å². The molecule has 0 bridgehead atoms. The van der Waals surface area contributed by atoms with Crippen LogP contribution in [-0.2, 0) is 17.8 Å². The molecular weight excluding hydrogens is 286 g/mol. The molecule has 2 aromatic heterocycles. The summed E-state index contributed by atoms with van der Waals surface area (Å²) in [6.07, 6.45) is 0.0387. The largest absolute Gasteiger partial charge is 0.419 e. The van der Waals surface area contributed by atoms with Crippen LogP contribution in [0.15, 0.2) is 39.3 Å². The van der Waals surface area contributed by atoms with Crippen molar-refractivity contribution in [1.29, 1.82) is 0 Å². The second kappa shape index (κ2) is 6.17. The average molecular weight is 299 g/mol. The summed E-state index contributed by atoms with van der Waals surface area (Å²) in [4.78, 5) is 15.7. The summed E-state index contributed by atoms with van der Waals surface area (Å²) < 4.78 is 10.3. The highest BCUT2D eigenvalue weighted by molar-refractivity contribution is 5.77. The Kier molecular flexibility index (Phi) is 3.90. The number of carbonyl (C=O) groups excluding carboxylic acids is 1. The lowest BCUT2D eigenvalue weighted by Gasteiger charge is -1.99. The van der Waals surface area contributed by atoms with Crippen LogP contribution in [0.1, 0.15) is 17.6 Å². The maximum absolute atomic E-state index is 11.7. The Balaban J connectivity index is 1.56. The van der Waals surface area contributed by atoms with Gasteiger partial charge in [0.15, 0.2) is 5.82 Å². The number of benzene rings is 1. The van der Waals surface area contributed by atoms with Gasteiger partial charge in [0.25, 0.3) is 0 Å². The molecule has 0 spiro atoms. The molecule has 8 heteroatoms. The SMILES string of the molecule is Cc1nc(CC(=O)NCc2nnc(-c3ccccc3)o2)no1. The fourth-order valence-electron chi connectivity index (χ4n) is 1.82. The minimum Gasteiger partial charge on any atom is -0.419 e. The minimum atomic E-state index is -0.250. The van der Waals surface area contributed by atoms with Gasteiger partial charge in [-0.1, -0.05) is 23.4 Å². The fourth-order valence-corrected chi connectivity index (χ4v) is 1.82. The monoisotopic (exact) mass is 299 g/mol. The number of aromatic nitrogens is 4. The lowest BCUT2D eigenvalue weighted by molar-refractivity contribution is -0.120. The second-order valence-corrected chi connectivity index (χ2v) is 4.55. The second-order valence-electron chi connectivity index (χ2n) is 4.55. The molecule has 0 fully saturated rings. The van der Waals surface area contributed by atoms with Gasteiger partial charge in [-0.25, -0.2) is 0 Å². The summed E-state index contributed by atoms with van der Waals surface area (Å²) in [5.41, 5.74) is 0.829. The summed E-state index contributed by atoms with van der Waals surface area (Å²) in [6, 6.07) is 9.41. The molecule has 1 aromatic carbocycles. The van der Waals surface area contributed by atoms with Crippen molar-refractivity contribution in [1.82, 2.24) is 25.7 Å². The Bertz CT molecular complexity index is 766. The Morgan fingerprint density at radius 2 is 2.05 bits per heavy atom. The van der Waals surface area contributed by atoms with E-state index in [1.807, 2.05) is 30.3 Å². The van der Waals surface area contributed by atoms with Gasteiger partial charge in [-0.15, -0.1) is 10.2 Å². The van der Waals surface area contributed by atoms with E-state index in [4.69, 9.17) is 8.94 Å². The first-order valence-electron chi connectivity index (χ1n) is 6.64. The maximum atomic E-state index is 11.7. The highest BCUT2D eigenvalue weighted by Crippen LogP contribution is 2.16. The van der Waals surface area contributed by atoms with Crippen molar-refractivity contribution in [2.45, 2.75) is 19.9 Å². The number of rotatable bonds is 5. The van der Waals surface area contributed by atoms with E-state index in [1.54, 1.807) is 6.92 Å². The zero-order chi connectivity index (χ0) is 15.4. The molecule has 2 heterocycles. The Morgan fingerprint density at radius 1 is 1.23 bits per heavy atom. The van der Waals surface area contributed by atoms with Crippen molar-refractivity contribution in [3.05, 3.63) is 47.9 Å². The predicted octanol–water partition coefficient (Wildman–Crippen LogP) is 1.29. The van der Waals surface area contributed by atoms with Crippen molar-refractivity contribution in [2.75, 3.05) is 0 Å². The molecule has 1 N–H and O–H groups in total. The summed E-state index contributed by atoms with van der Waals surface area (Å²) in [6.45, 7) is 1.81. The first-order chi connectivity index (χ1) is 10.7. The number of hydrogen-bond acceptors (Lipinski definition) is 7. The number of carbonyl (C=O) groups is 1. The third kappa shape index (κ3) is 3.35. The van der Waals surface area contributed by atoms with Crippen molar-refractivity contribution < 1.29 is 13.7 Å². The summed E-state index contributed by atoms with van der Waals surface area (Å²) in [5, 5.41) is 14.2. The molecule has 0 saturated carbocycles. The number of nitrogens with zero attached hydrogens (tertiary/aromatic N) is 4. The molecule has 8 nitrogen and oxygen atoms in total. The van der Waals surface area contributed by atoms with Crippen LogP contribution in [0.4, 0.5) is 0 Å². The Labute approximate surface area is 125 Å². The van der Waals surface area contributed by atoms with Crippen LogP contribution < -0.4 is 5.32 Å². The number of nitrogens with one attached hydrogen (secondary N) is 1. The van der Waals surface area contributed by atoms with Crippen molar-refractivity contribution in [2.24, 2.45) is 0 Å². The smallest absolute Gasteiger partial charge is 0.247 e. The lowest BCUT2D eigenvalue weighted by Crippen LogP contribution is -2.25. The van der Waals surface area contributed by atoms with Gasteiger partial charge in [0, 0.05) is 12.5 Å². The van der Waals surface area contributed by atoms with Crippen LogP contribution >= 0.6 is 0 Å². The Hall–Kier alpha value is -3.03. The molecule has 3 aromatic rings. The molecule has 3 rings (SSSR count). The Morgan fingerprint density at radius 3 is 2.77 bits per heavy atom. The van der Waals surface area contributed by atoms with Gasteiger partial charge in [-0.2, -0.15) is 4.98 Å². The van der Waals surface area contributed by atoms with E-state index < -0.39 is 0 Å². The number of hydrogen-bond donors (Lipinski definition) is 1. The maximum Gasteiger partial charge on any atom is 0.247 e. The molecule has 0 atom stereocenters. The normalized spacial score (nSPS) is 10.6. The molecule has 0 saturated heterocycles. The van der Waals surface area contributed by atoms with E-state index in [0.29, 0.717) is 23.5 Å². The molecule has 0 aliphatic rings. The van der Waals surface area contributed by atoms with Gasteiger partial charge in [-0.05, 0) is 12.1 Å². The van der Waals surface area contributed by atoms with Crippen LogP contribution in [0.25, 0.3) is 11.5 Å². The van der Waals surface area contributed by atoms with E-state index in [1.165, 1.54) is 0 Å². The summed E-state index contributed by atoms with van der Waals surface area (Å²) >= 11 is 0. The molecule has 1 amide bonds. The molecule has 22 heavy (non-hydrogen) atoms. The van der Waals surface area contributed by atoms with E-state index in [2.05, 4.69) is 25.7 Å². The quantitative estimate of drug-likeness (QED) is 0.756. The van der Waals surface area contributed by atoms with E-state index >= 15 is 0 Å². The van der Waals surface area contributed by atoms with Crippen LogP contribution in [-0.4, -0.2) is 26.2 Å². The first-order valence-corrected chi connectivity index (χ1v) is 6.64. The van der Waals surface area contributed by atoms with Crippen LogP contribution in [0.2, 0.25) is 0 Å². The third-order valence-electron chi connectivity index (χ3n) is 2.81. The van der Waals surface area contributed by atoms with Gasteiger partial charge in [0.2, 0.25) is 23.6 Å². The third-order valence-corrected chi connectivity index (χ3v) is 2.81. The highest BCUT2D eigenvalue weighted by Gasteiger charge is 2.12. The standard InChI is InChI=1S/C14H13N5O3/c1-9-16-11(19-22-9)7-12(20)15-8-13-17-18-14(21-13)10-5-3-2-4-6-10/h2-6H,7-8H2,1H3,(H,15,20). The topological polar surface area (TPSA) is 107 Å². The highest BCUT2D eigenvalue weighted by atomic mass is 16.5. The zero-order valence-corrected chi connectivity index (χ0v) is 11.8. The van der Waals surface area contributed by atoms with Gasteiger partial charge in [-0.3, -0.25) is 4.79 Å². The summed E-state index contributed by atoms with van der Waals surface area (Å²) in [5.74, 6) is 1.26. The lowest BCUT2D eigenvalue weighted by atomic mass is 10.2. The van der Waals surface area contributed by atoms with Crippen molar-refractivity contribution >= 4 is 5.91 Å². The van der Waals surface area contributed by atoms with Crippen LogP contribution in [0.5, 0.6) is 0 Å². The molecule has 0 aliphatic heterocycles. The van der Waals surface area contributed by atoms with E-state index in [-0.39, 0.29) is 18.9 Å². The molecule has 0 aliphatic carbocycles. The molecule has 112 valence electrons. The van der Waals surface area contributed by atoms with Gasteiger partial charge < -0.3 is 14.3 Å². The molecule has 0 unspecified atom stereocenters.